The number of nitrogens with one attached hydrogen (secondary N) is 5. The maximum absolute atomic E-state index is 14.4. The number of halogens is 2. The van der Waals surface area contributed by atoms with Gasteiger partial charge in [0.1, 0.15) is 12.1 Å². The lowest BCUT2D eigenvalue weighted by Gasteiger charge is -2.34. The lowest BCUT2D eigenvalue weighted by Crippen LogP contribution is -2.58. The second kappa shape index (κ2) is 30.4. The van der Waals surface area contributed by atoms with Gasteiger partial charge in [-0.1, -0.05) is 105 Å². The van der Waals surface area contributed by atoms with Gasteiger partial charge in [-0.2, -0.15) is 0 Å². The van der Waals surface area contributed by atoms with Crippen LogP contribution in [-0.2, 0) is 33.5 Å². The van der Waals surface area contributed by atoms with Gasteiger partial charge in [-0.3, -0.25) is 34.5 Å². The summed E-state index contributed by atoms with van der Waals surface area (Å²) in [6.07, 6.45) is 2.41. The molecule has 3 rings (SSSR count). The van der Waals surface area contributed by atoms with Crippen molar-refractivity contribution in [2.24, 2.45) is 23.5 Å². The van der Waals surface area contributed by atoms with Crippen molar-refractivity contribution in [3.05, 3.63) is 35.9 Å². The molecule has 0 bridgehead atoms. The van der Waals surface area contributed by atoms with E-state index in [1.807, 2.05) is 71.9 Å². The van der Waals surface area contributed by atoms with E-state index >= 15 is 0 Å². The van der Waals surface area contributed by atoms with Gasteiger partial charge >= 0.3 is 6.09 Å². The number of ether oxygens (including phenoxy) is 1. The number of carbonyl (C=O) groups is 7. The number of ketones is 1. The fourth-order valence-corrected chi connectivity index (χ4v) is 7.23. The third-order valence-electron chi connectivity index (χ3n) is 10.6. The number of likely N-dealkylation sites (tertiary alicyclic amines) is 1. The second-order valence-corrected chi connectivity index (χ2v) is 16.6. The van der Waals surface area contributed by atoms with E-state index in [2.05, 4.69) is 40.4 Å². The van der Waals surface area contributed by atoms with Gasteiger partial charge in [0.05, 0.1) is 18.6 Å². The summed E-state index contributed by atoms with van der Waals surface area (Å²) in [5, 5.41) is 12.7. The highest BCUT2D eigenvalue weighted by molar-refractivity contribution is 6.38. The Morgan fingerprint density at radius 2 is 1.59 bits per heavy atom. The summed E-state index contributed by atoms with van der Waals surface area (Å²) in [5.41, 5.74) is 5.66. The van der Waals surface area contributed by atoms with Gasteiger partial charge in [0.25, 0.3) is 5.91 Å². The molecule has 2 fully saturated rings. The molecule has 1 saturated carbocycles. The van der Waals surface area contributed by atoms with Gasteiger partial charge < -0.3 is 36.2 Å². The van der Waals surface area contributed by atoms with Crippen LogP contribution >= 0.6 is 0 Å². The first-order valence-electron chi connectivity index (χ1n) is 22.7. The summed E-state index contributed by atoms with van der Waals surface area (Å²) in [4.78, 5) is 91.0. The van der Waals surface area contributed by atoms with Crippen LogP contribution in [0.5, 0.6) is 0 Å². The summed E-state index contributed by atoms with van der Waals surface area (Å²) in [6, 6.07) is 5.29. The molecule has 63 heavy (non-hydrogen) atoms. The number of nitrogens with two attached hydrogens (primary N) is 1. The molecular weight excluding hydrogens is 817 g/mol. The molecule has 1 heterocycles. The van der Waals surface area contributed by atoms with Crippen LogP contribution in [0.4, 0.5) is 13.6 Å². The molecule has 7 N–H and O–H groups in total. The van der Waals surface area contributed by atoms with Crippen molar-refractivity contribution in [1.82, 2.24) is 31.5 Å². The summed E-state index contributed by atoms with van der Waals surface area (Å²) < 4.78 is 34.2. The SMILES string of the molecule is CC.CCC.CCCC(C)(N)OC(=O)NC(C(=O)N1C[C@H](C)CC1C(=O)NC(CC(C)CC)C(=O)C(=O)NCC(=O)NC(C)c1ccccc1)C1CCCC(F)(F)CC1.CNC=O. The van der Waals surface area contributed by atoms with Crippen LogP contribution in [0, 0.1) is 17.8 Å². The largest absolute Gasteiger partial charge is 0.428 e. The van der Waals surface area contributed by atoms with Crippen LogP contribution in [0.2, 0.25) is 0 Å². The second-order valence-electron chi connectivity index (χ2n) is 16.6. The zero-order valence-electron chi connectivity index (χ0n) is 39.7. The maximum atomic E-state index is 14.4. The molecule has 8 atom stereocenters. The Labute approximate surface area is 374 Å². The average molecular weight is 896 g/mol. The molecule has 0 radical (unpaired) electrons. The molecule has 360 valence electrons. The summed E-state index contributed by atoms with van der Waals surface area (Å²) in [7, 11) is 1.56. The average Bonchev–Trinajstić information content (AvgIpc) is 3.55. The zero-order chi connectivity index (χ0) is 48.3. The smallest absolute Gasteiger partial charge is 0.409 e. The van der Waals surface area contributed by atoms with Crippen molar-refractivity contribution >= 4 is 41.9 Å². The lowest BCUT2D eigenvalue weighted by atomic mass is 9.90. The Balaban J connectivity index is 0.00000392. The van der Waals surface area contributed by atoms with Crippen molar-refractivity contribution in [1.29, 1.82) is 0 Å². The third kappa shape index (κ3) is 22.0. The van der Waals surface area contributed by atoms with Crippen molar-refractivity contribution in [3.8, 4) is 0 Å². The maximum Gasteiger partial charge on any atom is 0.409 e. The minimum absolute atomic E-state index is 0.0391. The molecule has 1 aliphatic carbocycles. The first-order chi connectivity index (χ1) is 29.7. The number of amides is 6. The molecule has 1 aromatic rings. The first kappa shape index (κ1) is 58.3. The minimum atomic E-state index is -2.90. The van der Waals surface area contributed by atoms with Gasteiger partial charge in [-0.25, -0.2) is 13.6 Å². The number of Topliss-reactive ketones (excluding diaryl/α,β-unsaturated/α-hetero) is 1. The van der Waals surface area contributed by atoms with Gasteiger partial charge in [0.2, 0.25) is 35.8 Å². The van der Waals surface area contributed by atoms with E-state index in [0.29, 0.717) is 25.7 Å². The fraction of sp³-hybridized carbons (Fsp3) is 0.717. The Morgan fingerprint density at radius 1 is 0.984 bits per heavy atom. The predicted octanol–water partition coefficient (Wildman–Crippen LogP) is 6.30. The molecule has 6 amide bonds. The van der Waals surface area contributed by atoms with E-state index in [1.54, 1.807) is 14.0 Å². The summed E-state index contributed by atoms with van der Waals surface area (Å²) in [5.74, 6) is -7.57. The quantitative estimate of drug-likeness (QED) is 0.0421. The molecule has 1 aromatic carbocycles. The number of carbonyl (C=O) groups excluding carboxylic acids is 7. The van der Waals surface area contributed by atoms with E-state index in [0.717, 1.165) is 5.56 Å². The molecular formula is C46H79F2N7O8. The Kier molecular flexibility index (Phi) is 28.2. The molecule has 1 saturated heterocycles. The Bertz CT molecular complexity index is 1550. The van der Waals surface area contributed by atoms with Crippen molar-refractivity contribution < 1.29 is 47.1 Å². The van der Waals surface area contributed by atoms with Gasteiger partial charge in [-0.05, 0) is 69.3 Å². The van der Waals surface area contributed by atoms with Crippen LogP contribution in [0.1, 0.15) is 151 Å². The number of rotatable bonds is 18. The molecule has 17 heteroatoms. The van der Waals surface area contributed by atoms with Crippen LogP contribution in [0.3, 0.4) is 0 Å². The lowest BCUT2D eigenvalue weighted by molar-refractivity contribution is -0.143. The minimum Gasteiger partial charge on any atom is -0.428 e. The van der Waals surface area contributed by atoms with E-state index in [1.165, 1.54) is 18.2 Å². The van der Waals surface area contributed by atoms with Crippen molar-refractivity contribution in [2.75, 3.05) is 20.1 Å². The topological polar surface area (TPSA) is 218 Å². The van der Waals surface area contributed by atoms with E-state index in [9.17, 15) is 37.5 Å². The van der Waals surface area contributed by atoms with Crippen LogP contribution < -0.4 is 32.3 Å². The van der Waals surface area contributed by atoms with Crippen LogP contribution in [0.25, 0.3) is 0 Å². The fourth-order valence-electron chi connectivity index (χ4n) is 7.23. The third-order valence-corrected chi connectivity index (χ3v) is 10.6. The number of nitrogens with zero attached hydrogens (tertiary/aromatic N) is 1. The standard InChI is InChI=1S/C39H60F2N6O7.C3H8.C2H5NO.C2H6/c1-7-17-38(6,42)54-37(53)46-32(28-15-12-18-39(40,41)19-16-28)36(52)47-23-25(4)21-30(47)34(50)45-29(20-24(3)8-2)33(49)35(51)43-22-31(48)44-26(5)27-13-10-9-11-14-27;1-3-2;1-3-2-4;1-2/h9-11,13-14,24-26,28-30,32H,7-8,12,15-23,42H2,1-6H3,(H,43,51)(H,44,48)(H,45,50)(H,46,53);3H2,1-2H3;2H,1H3,(H,3,4);1-2H3/t24?,25-,26?,28?,29?,30?,32?,38?;;;/m1.../s1. The van der Waals surface area contributed by atoms with Gasteiger partial charge in [0, 0.05) is 32.9 Å². The Morgan fingerprint density at radius 3 is 2.14 bits per heavy atom. The van der Waals surface area contributed by atoms with E-state index in [4.69, 9.17) is 15.3 Å². The van der Waals surface area contributed by atoms with Crippen molar-refractivity contribution in [3.63, 3.8) is 0 Å². The molecule has 2 aliphatic rings. The van der Waals surface area contributed by atoms with E-state index < -0.39 is 84.2 Å². The molecule has 1 aliphatic heterocycles. The monoisotopic (exact) mass is 896 g/mol. The number of hydrogen-bond donors (Lipinski definition) is 6. The highest BCUT2D eigenvalue weighted by atomic mass is 19.3. The van der Waals surface area contributed by atoms with Crippen molar-refractivity contribution in [2.45, 2.75) is 176 Å². The van der Waals surface area contributed by atoms with Crippen LogP contribution in [0.15, 0.2) is 30.3 Å². The number of alkyl carbamates (subject to hydrolysis) is 1. The van der Waals surface area contributed by atoms with Gasteiger partial charge in [-0.15, -0.1) is 0 Å². The Hall–Kier alpha value is -4.67. The van der Waals surface area contributed by atoms with Crippen LogP contribution in [-0.4, -0.2) is 96.7 Å². The molecule has 0 aromatic heterocycles. The zero-order valence-corrected chi connectivity index (χ0v) is 39.7. The first-order valence-corrected chi connectivity index (χ1v) is 22.7. The number of alkyl halides is 2. The highest BCUT2D eigenvalue weighted by Gasteiger charge is 2.45. The molecule has 0 spiro atoms. The molecule has 15 nitrogen and oxygen atoms in total. The highest BCUT2D eigenvalue weighted by Crippen LogP contribution is 2.37. The molecule has 7 unspecified atom stereocenters. The normalized spacial score (nSPS) is 20.4. The van der Waals surface area contributed by atoms with Gasteiger partial charge in [0.15, 0.2) is 5.72 Å². The number of benzene rings is 1. The predicted molar refractivity (Wildman–Crippen MR) is 241 cm³/mol. The van der Waals surface area contributed by atoms with E-state index in [-0.39, 0.29) is 62.9 Å². The number of hydrogen-bond acceptors (Lipinski definition) is 9. The summed E-state index contributed by atoms with van der Waals surface area (Å²) >= 11 is 0. The summed E-state index contributed by atoms with van der Waals surface area (Å²) in [6.45, 7) is 18.7.